The number of aromatic amines is 2. The monoisotopic (exact) mass is 411 g/mol. The quantitative estimate of drug-likeness (QED) is 0.570. The number of hydrogen-bond acceptors (Lipinski definition) is 4. The Balaban J connectivity index is 1.85. The van der Waals surface area contributed by atoms with E-state index in [1.54, 1.807) is 30.3 Å². The van der Waals surface area contributed by atoms with Crippen LogP contribution in [0.4, 0.5) is 5.82 Å². The van der Waals surface area contributed by atoms with Gasteiger partial charge in [0, 0.05) is 22.6 Å². The molecule has 0 bridgehead atoms. The maximum absolute atomic E-state index is 13.2. The fourth-order valence-corrected chi connectivity index (χ4v) is 4.18. The van der Waals surface area contributed by atoms with E-state index in [9.17, 15) is 14.4 Å². The molecule has 3 N–H and O–H groups in total. The summed E-state index contributed by atoms with van der Waals surface area (Å²) >= 11 is 12.2. The number of anilines is 1. The van der Waals surface area contributed by atoms with Crippen LogP contribution in [0.1, 0.15) is 33.0 Å². The van der Waals surface area contributed by atoms with E-state index in [1.807, 2.05) is 12.1 Å². The van der Waals surface area contributed by atoms with Crippen molar-refractivity contribution in [1.82, 2.24) is 9.97 Å². The fourth-order valence-electron chi connectivity index (χ4n) is 3.88. The van der Waals surface area contributed by atoms with Crippen molar-refractivity contribution < 1.29 is 4.79 Å². The summed E-state index contributed by atoms with van der Waals surface area (Å²) in [5.41, 5.74) is 1.94. The van der Waals surface area contributed by atoms with Gasteiger partial charge in [0.15, 0.2) is 5.78 Å². The van der Waals surface area contributed by atoms with Crippen LogP contribution in [-0.2, 0) is 0 Å². The average Bonchev–Trinajstić information content (AvgIpc) is 2.95. The number of halogens is 2. The molecular weight excluding hydrogens is 401 g/mol. The van der Waals surface area contributed by atoms with Gasteiger partial charge in [-0.15, -0.1) is 0 Å². The van der Waals surface area contributed by atoms with Crippen molar-refractivity contribution >= 4 is 40.5 Å². The SMILES string of the molecule is O=C1C2=C(Nc3[nH]c(=O)[nH]c(=O)c3C2c2ccc(Cl)c(Cl)c2)c2ccccc21. The number of aromatic nitrogens is 2. The first-order valence-electron chi connectivity index (χ1n) is 8.42. The molecule has 1 aromatic heterocycles. The van der Waals surface area contributed by atoms with Gasteiger partial charge in [-0.1, -0.05) is 53.5 Å². The molecule has 138 valence electrons. The Bertz CT molecular complexity index is 1340. The summed E-state index contributed by atoms with van der Waals surface area (Å²) in [7, 11) is 0. The second-order valence-corrected chi connectivity index (χ2v) is 7.41. The number of rotatable bonds is 1. The van der Waals surface area contributed by atoms with Crippen LogP contribution in [0.15, 0.2) is 57.6 Å². The van der Waals surface area contributed by atoms with Crippen molar-refractivity contribution in [2.24, 2.45) is 0 Å². The molecule has 2 heterocycles. The third-order valence-electron chi connectivity index (χ3n) is 5.04. The minimum absolute atomic E-state index is 0.176. The molecule has 1 atom stereocenters. The molecule has 3 aromatic rings. The van der Waals surface area contributed by atoms with Gasteiger partial charge >= 0.3 is 5.69 Å². The molecule has 0 spiro atoms. The lowest BCUT2D eigenvalue weighted by Gasteiger charge is -2.27. The number of fused-ring (bicyclic) bond motifs is 3. The molecule has 0 fully saturated rings. The number of carbonyl (C=O) groups is 1. The summed E-state index contributed by atoms with van der Waals surface area (Å²) in [5.74, 6) is -0.625. The van der Waals surface area contributed by atoms with E-state index in [0.717, 1.165) is 5.56 Å². The van der Waals surface area contributed by atoms with Gasteiger partial charge < -0.3 is 5.32 Å². The van der Waals surface area contributed by atoms with Gasteiger partial charge in [0.05, 0.1) is 21.3 Å². The second-order valence-electron chi connectivity index (χ2n) is 6.59. The van der Waals surface area contributed by atoms with Gasteiger partial charge in [0.2, 0.25) is 0 Å². The Labute approximate surface area is 167 Å². The van der Waals surface area contributed by atoms with Crippen LogP contribution < -0.4 is 16.6 Å². The molecule has 28 heavy (non-hydrogen) atoms. The minimum Gasteiger partial charge on any atom is -0.340 e. The Morgan fingerprint density at radius 3 is 2.36 bits per heavy atom. The van der Waals surface area contributed by atoms with Crippen LogP contribution in [-0.4, -0.2) is 15.8 Å². The normalized spacial score (nSPS) is 17.1. The van der Waals surface area contributed by atoms with Crippen molar-refractivity contribution in [3.63, 3.8) is 0 Å². The number of nitrogens with one attached hydrogen (secondary N) is 3. The number of ketones is 1. The van der Waals surface area contributed by atoms with E-state index >= 15 is 0 Å². The van der Waals surface area contributed by atoms with Crippen molar-refractivity contribution in [3.8, 4) is 0 Å². The zero-order chi connectivity index (χ0) is 19.6. The standard InChI is InChI=1S/C20H11Cl2N3O3/c21-11-6-5-8(7-12(11)22)13-14-16(9-3-1-2-4-10(9)17(14)26)23-18-15(13)19(27)25-20(28)24-18/h1-7,13H,(H3,23,24,25,27,28). The lowest BCUT2D eigenvalue weighted by molar-refractivity contribution is 0.103. The molecule has 6 nitrogen and oxygen atoms in total. The second kappa shape index (κ2) is 5.95. The van der Waals surface area contributed by atoms with Crippen molar-refractivity contribution in [2.75, 3.05) is 5.32 Å². The molecule has 1 unspecified atom stereocenters. The van der Waals surface area contributed by atoms with Crippen LogP contribution in [0.25, 0.3) is 5.70 Å². The predicted octanol–water partition coefficient (Wildman–Crippen LogP) is 3.54. The molecular formula is C20H11Cl2N3O3. The van der Waals surface area contributed by atoms with Crippen molar-refractivity contribution in [3.05, 3.63) is 101 Å². The number of carbonyl (C=O) groups excluding carboxylic acids is 1. The first-order valence-corrected chi connectivity index (χ1v) is 9.18. The molecule has 2 aromatic carbocycles. The van der Waals surface area contributed by atoms with Crippen molar-refractivity contribution in [1.29, 1.82) is 0 Å². The van der Waals surface area contributed by atoms with Gasteiger partial charge in [-0.25, -0.2) is 4.79 Å². The summed E-state index contributed by atoms with van der Waals surface area (Å²) in [5, 5.41) is 3.75. The molecule has 0 saturated heterocycles. The summed E-state index contributed by atoms with van der Waals surface area (Å²) in [6, 6.07) is 12.1. The van der Waals surface area contributed by atoms with Crippen molar-refractivity contribution in [2.45, 2.75) is 5.92 Å². The first-order chi connectivity index (χ1) is 13.5. The Morgan fingerprint density at radius 2 is 1.61 bits per heavy atom. The highest BCUT2D eigenvalue weighted by molar-refractivity contribution is 6.42. The number of H-pyrrole nitrogens is 2. The number of allylic oxidation sites excluding steroid dienone is 1. The van der Waals surface area contributed by atoms with Gasteiger partial charge in [-0.3, -0.25) is 19.6 Å². The topological polar surface area (TPSA) is 94.8 Å². The highest BCUT2D eigenvalue weighted by Crippen LogP contribution is 2.47. The number of benzene rings is 2. The van der Waals surface area contributed by atoms with E-state index in [4.69, 9.17) is 23.2 Å². The highest BCUT2D eigenvalue weighted by atomic mass is 35.5. The summed E-state index contributed by atoms with van der Waals surface area (Å²) in [4.78, 5) is 42.6. The summed E-state index contributed by atoms with van der Waals surface area (Å²) in [6.07, 6.45) is 0. The van der Waals surface area contributed by atoms with E-state index in [0.29, 0.717) is 32.4 Å². The van der Waals surface area contributed by atoms with E-state index < -0.39 is 17.2 Å². The molecule has 0 amide bonds. The molecule has 0 radical (unpaired) electrons. The minimum atomic E-state index is -0.707. The Hall–Kier alpha value is -3.09. The van der Waals surface area contributed by atoms with Gasteiger partial charge in [0.25, 0.3) is 5.56 Å². The van der Waals surface area contributed by atoms with Crippen LogP contribution >= 0.6 is 23.2 Å². The first kappa shape index (κ1) is 17.0. The number of Topliss-reactive ketones (excluding diaryl/α,β-unsaturated/α-hetero) is 1. The molecule has 2 aliphatic rings. The zero-order valence-electron chi connectivity index (χ0n) is 14.1. The third-order valence-corrected chi connectivity index (χ3v) is 5.78. The summed E-state index contributed by atoms with van der Waals surface area (Å²) in [6.45, 7) is 0. The maximum Gasteiger partial charge on any atom is 0.327 e. The van der Waals surface area contributed by atoms with Gasteiger partial charge in [-0.2, -0.15) is 0 Å². The lowest BCUT2D eigenvalue weighted by atomic mass is 9.82. The Morgan fingerprint density at radius 1 is 0.857 bits per heavy atom. The van der Waals surface area contributed by atoms with E-state index in [1.165, 1.54) is 0 Å². The van der Waals surface area contributed by atoms with Crippen LogP contribution in [0, 0.1) is 0 Å². The fraction of sp³-hybridized carbons (Fsp3) is 0.0500. The van der Waals surface area contributed by atoms with Crippen LogP contribution in [0.2, 0.25) is 10.0 Å². The van der Waals surface area contributed by atoms with Crippen LogP contribution in [0.3, 0.4) is 0 Å². The zero-order valence-corrected chi connectivity index (χ0v) is 15.6. The van der Waals surface area contributed by atoms with E-state index in [-0.39, 0.29) is 17.2 Å². The molecule has 1 aliphatic heterocycles. The average molecular weight is 412 g/mol. The smallest absolute Gasteiger partial charge is 0.327 e. The molecule has 0 saturated carbocycles. The van der Waals surface area contributed by atoms with Gasteiger partial charge in [0.1, 0.15) is 5.82 Å². The maximum atomic E-state index is 13.2. The molecule has 8 heteroatoms. The highest BCUT2D eigenvalue weighted by Gasteiger charge is 2.41. The molecule has 5 rings (SSSR count). The summed E-state index contributed by atoms with van der Waals surface area (Å²) < 4.78 is 0. The largest absolute Gasteiger partial charge is 0.340 e. The third kappa shape index (κ3) is 2.32. The lowest BCUT2D eigenvalue weighted by Crippen LogP contribution is -2.33. The molecule has 1 aliphatic carbocycles. The Kier molecular flexibility index (Phi) is 3.62. The predicted molar refractivity (Wildman–Crippen MR) is 107 cm³/mol. The van der Waals surface area contributed by atoms with E-state index in [2.05, 4.69) is 15.3 Å². The van der Waals surface area contributed by atoms with Crippen LogP contribution in [0.5, 0.6) is 0 Å². The number of hydrogen-bond donors (Lipinski definition) is 3. The van der Waals surface area contributed by atoms with Gasteiger partial charge in [-0.05, 0) is 17.7 Å².